The van der Waals surface area contributed by atoms with Gasteiger partial charge in [-0.3, -0.25) is 4.79 Å². The summed E-state index contributed by atoms with van der Waals surface area (Å²) in [4.78, 5) is 14.9. The summed E-state index contributed by atoms with van der Waals surface area (Å²) in [6.07, 6.45) is 5.96. The Labute approximate surface area is 162 Å². The monoisotopic (exact) mass is 365 g/mol. The number of rotatable bonds is 3. The molecule has 1 saturated heterocycles. The SMILES string of the molecule is CCC(CC)C(=O)N1CCC2(CC1)Nc1ccc(C)c(C)c1-n1cccc12. The van der Waals surface area contributed by atoms with E-state index in [0.717, 1.165) is 38.8 Å². The number of fused-ring (bicyclic) bond motifs is 4. The van der Waals surface area contributed by atoms with Crippen LogP contribution in [-0.2, 0) is 10.3 Å². The molecule has 4 nitrogen and oxygen atoms in total. The maximum Gasteiger partial charge on any atom is 0.225 e. The topological polar surface area (TPSA) is 37.3 Å². The second kappa shape index (κ2) is 6.74. The Morgan fingerprint density at radius 2 is 1.85 bits per heavy atom. The Morgan fingerprint density at radius 3 is 2.52 bits per heavy atom. The van der Waals surface area contributed by atoms with E-state index in [9.17, 15) is 4.79 Å². The number of nitrogens with one attached hydrogen (secondary N) is 1. The van der Waals surface area contributed by atoms with Crippen LogP contribution in [0.5, 0.6) is 0 Å². The zero-order valence-corrected chi connectivity index (χ0v) is 17.0. The fourth-order valence-corrected chi connectivity index (χ4v) is 4.89. The van der Waals surface area contributed by atoms with Gasteiger partial charge in [-0.15, -0.1) is 0 Å². The minimum atomic E-state index is -0.0805. The second-order valence-corrected chi connectivity index (χ2v) is 8.21. The number of benzene rings is 1. The molecule has 1 fully saturated rings. The number of nitrogens with zero attached hydrogens (tertiary/aromatic N) is 2. The standard InChI is InChI=1S/C23H31N3O/c1-5-18(6-2)22(27)25-14-11-23(12-15-25)20-8-7-13-26(20)21-17(4)16(3)9-10-19(21)24-23/h7-10,13,18,24H,5-6,11-12,14-15H2,1-4H3. The van der Waals surface area contributed by atoms with E-state index in [1.807, 2.05) is 0 Å². The van der Waals surface area contributed by atoms with Crippen molar-refractivity contribution in [2.75, 3.05) is 18.4 Å². The summed E-state index contributed by atoms with van der Waals surface area (Å²) in [5, 5.41) is 3.88. The third-order valence-electron chi connectivity index (χ3n) is 6.82. The molecule has 0 unspecified atom stereocenters. The first-order chi connectivity index (χ1) is 13.0. The van der Waals surface area contributed by atoms with Crippen LogP contribution >= 0.6 is 0 Å². The number of anilines is 1. The van der Waals surface area contributed by atoms with Gasteiger partial charge in [0.1, 0.15) is 0 Å². The van der Waals surface area contributed by atoms with Gasteiger partial charge in [-0.25, -0.2) is 0 Å². The van der Waals surface area contributed by atoms with Crippen molar-refractivity contribution in [2.24, 2.45) is 5.92 Å². The normalized spacial score (nSPS) is 17.6. The summed E-state index contributed by atoms with van der Waals surface area (Å²) in [6, 6.07) is 8.81. The first kappa shape index (κ1) is 18.1. The van der Waals surface area contributed by atoms with E-state index in [4.69, 9.17) is 0 Å². The molecular formula is C23H31N3O. The summed E-state index contributed by atoms with van der Waals surface area (Å²) < 4.78 is 2.37. The van der Waals surface area contributed by atoms with E-state index >= 15 is 0 Å². The number of hydrogen-bond acceptors (Lipinski definition) is 2. The summed E-state index contributed by atoms with van der Waals surface area (Å²) in [7, 11) is 0. The molecule has 1 aromatic carbocycles. The van der Waals surface area contributed by atoms with Gasteiger partial charge >= 0.3 is 0 Å². The summed E-state index contributed by atoms with van der Waals surface area (Å²) >= 11 is 0. The van der Waals surface area contributed by atoms with Gasteiger partial charge in [0.2, 0.25) is 5.91 Å². The van der Waals surface area contributed by atoms with Crippen molar-refractivity contribution in [1.82, 2.24) is 9.47 Å². The van der Waals surface area contributed by atoms with Crippen molar-refractivity contribution < 1.29 is 4.79 Å². The van der Waals surface area contributed by atoms with Gasteiger partial charge in [0, 0.05) is 30.9 Å². The number of aryl methyl sites for hydroxylation is 1. The minimum Gasteiger partial charge on any atom is -0.372 e. The zero-order chi connectivity index (χ0) is 19.2. The van der Waals surface area contributed by atoms with Crippen molar-refractivity contribution >= 4 is 11.6 Å². The van der Waals surface area contributed by atoms with Gasteiger partial charge < -0.3 is 14.8 Å². The predicted molar refractivity (Wildman–Crippen MR) is 110 cm³/mol. The molecular weight excluding hydrogens is 334 g/mol. The van der Waals surface area contributed by atoms with Gasteiger partial charge in [0.25, 0.3) is 0 Å². The molecule has 0 bridgehead atoms. The number of piperidine rings is 1. The third kappa shape index (κ3) is 2.77. The molecule has 2 aliphatic heterocycles. The first-order valence-corrected chi connectivity index (χ1v) is 10.4. The van der Waals surface area contributed by atoms with Crippen LogP contribution in [0.2, 0.25) is 0 Å². The number of likely N-dealkylation sites (tertiary alicyclic amines) is 1. The van der Waals surface area contributed by atoms with Crippen LogP contribution < -0.4 is 5.32 Å². The number of amides is 1. The molecule has 1 N–H and O–H groups in total. The van der Waals surface area contributed by atoms with Crippen molar-refractivity contribution in [3.05, 3.63) is 47.3 Å². The number of hydrogen-bond donors (Lipinski definition) is 1. The van der Waals surface area contributed by atoms with Crippen LogP contribution in [0.15, 0.2) is 30.5 Å². The predicted octanol–water partition coefficient (Wildman–Crippen LogP) is 4.77. The fraction of sp³-hybridized carbons (Fsp3) is 0.522. The molecule has 144 valence electrons. The third-order valence-corrected chi connectivity index (χ3v) is 6.82. The van der Waals surface area contributed by atoms with Crippen molar-refractivity contribution in [3.63, 3.8) is 0 Å². The van der Waals surface area contributed by atoms with Crippen molar-refractivity contribution in [2.45, 2.75) is 58.9 Å². The molecule has 2 aromatic rings. The molecule has 0 saturated carbocycles. The van der Waals surface area contributed by atoms with Crippen LogP contribution in [0.25, 0.3) is 5.69 Å². The fourth-order valence-electron chi connectivity index (χ4n) is 4.89. The van der Waals surface area contributed by atoms with Crippen molar-refractivity contribution in [1.29, 1.82) is 0 Å². The van der Waals surface area contributed by atoms with Gasteiger partial charge in [-0.1, -0.05) is 19.9 Å². The highest BCUT2D eigenvalue weighted by Crippen LogP contribution is 2.45. The molecule has 0 radical (unpaired) electrons. The number of aromatic nitrogens is 1. The Bertz CT molecular complexity index is 855. The largest absolute Gasteiger partial charge is 0.372 e. The highest BCUT2D eigenvalue weighted by molar-refractivity contribution is 5.79. The average Bonchev–Trinajstić information content (AvgIpc) is 3.17. The summed E-state index contributed by atoms with van der Waals surface area (Å²) in [6.45, 7) is 10.3. The lowest BCUT2D eigenvalue weighted by Crippen LogP contribution is -2.52. The molecule has 1 spiro atoms. The molecule has 2 aliphatic rings. The van der Waals surface area contributed by atoms with E-state index in [1.165, 1.54) is 28.2 Å². The van der Waals surface area contributed by atoms with Crippen molar-refractivity contribution in [3.8, 4) is 5.69 Å². The van der Waals surface area contributed by atoms with Crippen LogP contribution in [0.4, 0.5) is 5.69 Å². The second-order valence-electron chi connectivity index (χ2n) is 8.21. The van der Waals surface area contributed by atoms with E-state index in [-0.39, 0.29) is 11.5 Å². The Hall–Kier alpha value is -2.23. The summed E-state index contributed by atoms with van der Waals surface area (Å²) in [5.41, 5.74) is 6.38. The molecule has 0 atom stereocenters. The van der Waals surface area contributed by atoms with E-state index in [2.05, 4.69) is 72.9 Å². The molecule has 1 aromatic heterocycles. The number of carbonyl (C=O) groups is 1. The lowest BCUT2D eigenvalue weighted by Gasteiger charge is -2.47. The van der Waals surface area contributed by atoms with E-state index in [0.29, 0.717) is 5.91 Å². The molecule has 4 heteroatoms. The Balaban J connectivity index is 1.63. The number of carbonyl (C=O) groups excluding carboxylic acids is 1. The van der Waals surface area contributed by atoms with Crippen LogP contribution in [0.1, 0.15) is 56.4 Å². The van der Waals surface area contributed by atoms with Gasteiger partial charge in [-0.2, -0.15) is 0 Å². The maximum atomic E-state index is 12.8. The smallest absolute Gasteiger partial charge is 0.225 e. The van der Waals surface area contributed by atoms with Crippen LogP contribution in [0.3, 0.4) is 0 Å². The van der Waals surface area contributed by atoms with E-state index in [1.54, 1.807) is 0 Å². The molecule has 27 heavy (non-hydrogen) atoms. The molecule has 0 aliphatic carbocycles. The lowest BCUT2D eigenvalue weighted by atomic mass is 9.81. The molecule has 1 amide bonds. The summed E-state index contributed by atoms with van der Waals surface area (Å²) in [5.74, 6) is 0.515. The quantitative estimate of drug-likeness (QED) is 0.850. The first-order valence-electron chi connectivity index (χ1n) is 10.4. The zero-order valence-electron chi connectivity index (χ0n) is 17.0. The van der Waals surface area contributed by atoms with Gasteiger partial charge in [0.05, 0.1) is 16.9 Å². The maximum absolute atomic E-state index is 12.8. The lowest BCUT2D eigenvalue weighted by molar-refractivity contribution is -0.137. The van der Waals surface area contributed by atoms with Gasteiger partial charge in [0.15, 0.2) is 0 Å². The Morgan fingerprint density at radius 1 is 1.15 bits per heavy atom. The molecule has 3 heterocycles. The van der Waals surface area contributed by atoms with Gasteiger partial charge in [-0.05, 0) is 68.9 Å². The highest BCUT2D eigenvalue weighted by atomic mass is 16.2. The van der Waals surface area contributed by atoms with Crippen LogP contribution in [0, 0.1) is 19.8 Å². The minimum absolute atomic E-state index is 0.0805. The Kier molecular flexibility index (Phi) is 4.53. The average molecular weight is 366 g/mol. The highest BCUT2D eigenvalue weighted by Gasteiger charge is 2.43. The van der Waals surface area contributed by atoms with Crippen LogP contribution in [-0.4, -0.2) is 28.5 Å². The van der Waals surface area contributed by atoms with E-state index < -0.39 is 0 Å². The molecule has 4 rings (SSSR count).